The molecule has 2 aromatic heterocycles. The predicted octanol–water partition coefficient (Wildman–Crippen LogP) is 3.56. The van der Waals surface area contributed by atoms with Crippen molar-refractivity contribution in [2.75, 3.05) is 6.26 Å². The third kappa shape index (κ3) is 2.36. The highest BCUT2D eigenvalue weighted by atomic mass is 32.2. The number of aryl methyl sites for hydroxylation is 1. The summed E-state index contributed by atoms with van der Waals surface area (Å²) >= 11 is 1.71. The van der Waals surface area contributed by atoms with Gasteiger partial charge in [-0.05, 0) is 38.7 Å². The van der Waals surface area contributed by atoms with E-state index in [1.54, 1.807) is 11.8 Å². The second-order valence-corrected chi connectivity index (χ2v) is 5.14. The number of aromatic nitrogens is 3. The molecule has 0 aromatic carbocycles. The molecule has 0 amide bonds. The molecule has 2 heterocycles. The molecule has 0 aliphatic rings. The number of nitrogens with zero attached hydrogens (tertiary/aromatic N) is 3. The first-order chi connectivity index (χ1) is 8.13. The topological polar surface area (TPSA) is 30.7 Å². The molecule has 0 radical (unpaired) electrons. The van der Waals surface area contributed by atoms with Crippen LogP contribution < -0.4 is 0 Å². The lowest BCUT2D eigenvalue weighted by Gasteiger charge is -2.04. The first kappa shape index (κ1) is 12.2. The Morgan fingerprint density at radius 2 is 2.06 bits per heavy atom. The van der Waals surface area contributed by atoms with Crippen LogP contribution in [0.2, 0.25) is 0 Å². The summed E-state index contributed by atoms with van der Waals surface area (Å²) in [6.45, 7) is 6.33. The standard InChI is InChI=1S/C13H17N3S/c1-9(2)16-8-11(17-4)13(15-16)12-10(3)6-5-7-14-12/h5-9H,1-4H3. The summed E-state index contributed by atoms with van der Waals surface area (Å²) in [6.07, 6.45) is 5.99. The number of hydrogen-bond acceptors (Lipinski definition) is 3. The minimum absolute atomic E-state index is 0.374. The van der Waals surface area contributed by atoms with E-state index in [1.807, 2.05) is 16.9 Å². The van der Waals surface area contributed by atoms with E-state index in [0.29, 0.717) is 6.04 Å². The third-order valence-corrected chi connectivity index (χ3v) is 3.42. The molecule has 2 rings (SSSR count). The van der Waals surface area contributed by atoms with Gasteiger partial charge >= 0.3 is 0 Å². The molecule has 2 aromatic rings. The van der Waals surface area contributed by atoms with Gasteiger partial charge in [0.15, 0.2) is 0 Å². The maximum absolute atomic E-state index is 4.64. The van der Waals surface area contributed by atoms with Gasteiger partial charge in [-0.3, -0.25) is 9.67 Å². The van der Waals surface area contributed by atoms with E-state index in [4.69, 9.17) is 0 Å². The molecule has 0 saturated carbocycles. The van der Waals surface area contributed by atoms with Gasteiger partial charge in [0.05, 0.1) is 10.6 Å². The van der Waals surface area contributed by atoms with Gasteiger partial charge in [-0.2, -0.15) is 5.10 Å². The maximum Gasteiger partial charge on any atom is 0.125 e. The molecule has 0 aliphatic heterocycles. The molecule has 0 N–H and O–H groups in total. The van der Waals surface area contributed by atoms with Crippen molar-refractivity contribution >= 4 is 11.8 Å². The average Bonchev–Trinajstić information content (AvgIpc) is 2.73. The van der Waals surface area contributed by atoms with Crippen LogP contribution in [-0.4, -0.2) is 21.0 Å². The van der Waals surface area contributed by atoms with Crippen LogP contribution in [0, 0.1) is 6.92 Å². The number of thioether (sulfide) groups is 1. The van der Waals surface area contributed by atoms with E-state index in [2.05, 4.69) is 49.4 Å². The highest BCUT2D eigenvalue weighted by Crippen LogP contribution is 2.30. The fourth-order valence-corrected chi connectivity index (χ4v) is 2.23. The number of hydrogen-bond donors (Lipinski definition) is 0. The van der Waals surface area contributed by atoms with Gasteiger partial charge in [0, 0.05) is 18.4 Å². The summed E-state index contributed by atoms with van der Waals surface area (Å²) in [5.41, 5.74) is 3.14. The SMILES string of the molecule is CSc1cn(C(C)C)nc1-c1ncccc1C. The number of pyridine rings is 1. The zero-order valence-electron chi connectivity index (χ0n) is 10.6. The van der Waals surface area contributed by atoms with Gasteiger partial charge in [0.2, 0.25) is 0 Å². The van der Waals surface area contributed by atoms with E-state index in [1.165, 1.54) is 4.90 Å². The van der Waals surface area contributed by atoms with Crippen LogP contribution in [0.25, 0.3) is 11.4 Å². The van der Waals surface area contributed by atoms with E-state index in [0.717, 1.165) is 17.0 Å². The van der Waals surface area contributed by atoms with E-state index in [-0.39, 0.29) is 0 Å². The Hall–Kier alpha value is -1.29. The molecule has 0 fully saturated rings. The molecule has 4 heteroatoms. The lowest BCUT2D eigenvalue weighted by Crippen LogP contribution is -2.01. The fraction of sp³-hybridized carbons (Fsp3) is 0.385. The van der Waals surface area contributed by atoms with Gasteiger partial charge in [-0.25, -0.2) is 0 Å². The van der Waals surface area contributed by atoms with Crippen LogP contribution in [0.5, 0.6) is 0 Å². The summed E-state index contributed by atoms with van der Waals surface area (Å²) < 4.78 is 2.00. The monoisotopic (exact) mass is 247 g/mol. The van der Waals surface area contributed by atoms with Crippen molar-refractivity contribution in [3.63, 3.8) is 0 Å². The lowest BCUT2D eigenvalue weighted by atomic mass is 10.2. The molecular formula is C13H17N3S. The minimum Gasteiger partial charge on any atom is -0.268 e. The molecule has 0 aliphatic carbocycles. The Morgan fingerprint density at radius 3 is 2.65 bits per heavy atom. The highest BCUT2D eigenvalue weighted by Gasteiger charge is 2.14. The van der Waals surface area contributed by atoms with Gasteiger partial charge in [0.25, 0.3) is 0 Å². The van der Waals surface area contributed by atoms with Crippen LogP contribution in [0.3, 0.4) is 0 Å². The first-order valence-corrected chi connectivity index (χ1v) is 6.91. The Bertz CT molecular complexity index is 517. The van der Waals surface area contributed by atoms with E-state index in [9.17, 15) is 0 Å². The van der Waals surface area contributed by atoms with Gasteiger partial charge in [-0.1, -0.05) is 6.07 Å². The Kier molecular flexibility index (Phi) is 3.52. The Labute approximate surface area is 106 Å². The average molecular weight is 247 g/mol. The second-order valence-electron chi connectivity index (χ2n) is 4.29. The third-order valence-electron chi connectivity index (χ3n) is 2.68. The minimum atomic E-state index is 0.374. The highest BCUT2D eigenvalue weighted by molar-refractivity contribution is 7.98. The molecule has 0 saturated heterocycles. The van der Waals surface area contributed by atoms with Crippen LogP contribution in [0.4, 0.5) is 0 Å². The summed E-state index contributed by atoms with van der Waals surface area (Å²) in [5.74, 6) is 0. The van der Waals surface area contributed by atoms with Crippen molar-refractivity contribution in [2.45, 2.75) is 31.7 Å². The number of rotatable bonds is 3. The van der Waals surface area contributed by atoms with Crippen LogP contribution in [0.15, 0.2) is 29.4 Å². The zero-order chi connectivity index (χ0) is 12.4. The summed E-state index contributed by atoms with van der Waals surface area (Å²) in [5, 5.41) is 4.64. The zero-order valence-corrected chi connectivity index (χ0v) is 11.5. The van der Waals surface area contributed by atoms with Crippen LogP contribution in [0.1, 0.15) is 25.5 Å². The molecule has 0 bridgehead atoms. The largest absolute Gasteiger partial charge is 0.268 e. The Morgan fingerprint density at radius 1 is 1.29 bits per heavy atom. The van der Waals surface area contributed by atoms with Crippen molar-refractivity contribution in [3.05, 3.63) is 30.1 Å². The van der Waals surface area contributed by atoms with Crippen molar-refractivity contribution in [3.8, 4) is 11.4 Å². The normalized spacial score (nSPS) is 11.1. The van der Waals surface area contributed by atoms with Crippen molar-refractivity contribution in [2.24, 2.45) is 0 Å². The quantitative estimate of drug-likeness (QED) is 0.777. The Balaban J connectivity index is 2.55. The summed E-state index contributed by atoms with van der Waals surface area (Å²) in [4.78, 5) is 5.62. The van der Waals surface area contributed by atoms with E-state index < -0.39 is 0 Å². The van der Waals surface area contributed by atoms with Gasteiger partial charge in [0.1, 0.15) is 5.69 Å². The maximum atomic E-state index is 4.64. The summed E-state index contributed by atoms with van der Waals surface area (Å²) in [6, 6.07) is 4.40. The first-order valence-electron chi connectivity index (χ1n) is 5.68. The van der Waals surface area contributed by atoms with Crippen molar-refractivity contribution in [1.82, 2.24) is 14.8 Å². The second kappa shape index (κ2) is 4.92. The van der Waals surface area contributed by atoms with Crippen molar-refractivity contribution < 1.29 is 0 Å². The lowest BCUT2D eigenvalue weighted by molar-refractivity contribution is 0.533. The molecule has 0 unspecified atom stereocenters. The molecule has 3 nitrogen and oxygen atoms in total. The molecule has 0 spiro atoms. The van der Waals surface area contributed by atoms with Gasteiger partial charge < -0.3 is 0 Å². The summed E-state index contributed by atoms with van der Waals surface area (Å²) in [7, 11) is 0. The van der Waals surface area contributed by atoms with E-state index >= 15 is 0 Å². The predicted molar refractivity (Wildman–Crippen MR) is 72.4 cm³/mol. The molecule has 90 valence electrons. The fourth-order valence-electron chi connectivity index (χ4n) is 1.69. The molecule has 0 atom stereocenters. The van der Waals surface area contributed by atoms with Gasteiger partial charge in [-0.15, -0.1) is 11.8 Å². The van der Waals surface area contributed by atoms with Crippen molar-refractivity contribution in [1.29, 1.82) is 0 Å². The molecule has 17 heavy (non-hydrogen) atoms. The van der Waals surface area contributed by atoms with Crippen LogP contribution >= 0.6 is 11.8 Å². The molecular weight excluding hydrogens is 230 g/mol. The van der Waals surface area contributed by atoms with Crippen LogP contribution in [-0.2, 0) is 0 Å². The smallest absolute Gasteiger partial charge is 0.125 e.